The standard InChI is InChI=1S/C18H30N4S/c1-3-19-11-13-21(17-19)9-6-5-7-15-23-16-8-10-22-14-12-20(4-2)18-22/h3-4,11-14H,1-2,5-10,15-18H2. The summed E-state index contributed by atoms with van der Waals surface area (Å²) in [4.78, 5) is 8.92. The Morgan fingerprint density at radius 1 is 0.739 bits per heavy atom. The molecule has 0 bridgehead atoms. The van der Waals surface area contributed by atoms with Gasteiger partial charge in [0.15, 0.2) is 0 Å². The molecule has 0 spiro atoms. The maximum Gasteiger partial charge on any atom is 0.0935 e. The lowest BCUT2D eigenvalue weighted by molar-refractivity contribution is 0.309. The van der Waals surface area contributed by atoms with Crippen LogP contribution in [0.2, 0.25) is 0 Å². The van der Waals surface area contributed by atoms with E-state index >= 15 is 0 Å². The normalized spacial score (nSPS) is 16.7. The highest BCUT2D eigenvalue weighted by Gasteiger charge is 2.09. The molecule has 0 atom stereocenters. The number of hydrogen-bond donors (Lipinski definition) is 0. The number of nitrogens with zero attached hydrogens (tertiary/aromatic N) is 4. The van der Waals surface area contributed by atoms with Crippen LogP contribution in [0.25, 0.3) is 0 Å². The first-order valence-electron chi connectivity index (χ1n) is 8.51. The van der Waals surface area contributed by atoms with E-state index in [2.05, 4.69) is 69.3 Å². The molecule has 2 aliphatic rings. The number of hydrogen-bond acceptors (Lipinski definition) is 5. The van der Waals surface area contributed by atoms with Gasteiger partial charge in [-0.1, -0.05) is 19.6 Å². The van der Waals surface area contributed by atoms with Crippen LogP contribution in [0.3, 0.4) is 0 Å². The average Bonchev–Trinajstić information content (AvgIpc) is 3.22. The van der Waals surface area contributed by atoms with Gasteiger partial charge in [-0.25, -0.2) is 0 Å². The van der Waals surface area contributed by atoms with Crippen molar-refractivity contribution in [3.8, 4) is 0 Å². The van der Waals surface area contributed by atoms with E-state index in [-0.39, 0.29) is 0 Å². The van der Waals surface area contributed by atoms with Crippen LogP contribution in [0.4, 0.5) is 0 Å². The van der Waals surface area contributed by atoms with E-state index in [4.69, 9.17) is 0 Å². The van der Waals surface area contributed by atoms with Gasteiger partial charge in [0.2, 0.25) is 0 Å². The molecule has 4 nitrogen and oxygen atoms in total. The van der Waals surface area contributed by atoms with Crippen molar-refractivity contribution < 1.29 is 0 Å². The van der Waals surface area contributed by atoms with Crippen LogP contribution < -0.4 is 0 Å². The third-order valence-corrected chi connectivity index (χ3v) is 5.22. The average molecular weight is 335 g/mol. The van der Waals surface area contributed by atoms with Crippen LogP contribution >= 0.6 is 11.8 Å². The molecule has 0 radical (unpaired) electrons. The van der Waals surface area contributed by atoms with Gasteiger partial charge in [-0.2, -0.15) is 11.8 Å². The van der Waals surface area contributed by atoms with Crippen LogP contribution in [-0.4, -0.2) is 57.5 Å². The third-order valence-electron chi connectivity index (χ3n) is 4.06. The predicted molar refractivity (Wildman–Crippen MR) is 101 cm³/mol. The zero-order valence-corrected chi connectivity index (χ0v) is 15.0. The molecule has 2 aliphatic heterocycles. The molecule has 0 aromatic heterocycles. The highest BCUT2D eigenvalue weighted by Crippen LogP contribution is 2.12. The van der Waals surface area contributed by atoms with Gasteiger partial charge in [-0.15, -0.1) is 0 Å². The maximum absolute atomic E-state index is 3.79. The molecule has 2 rings (SSSR count). The summed E-state index contributed by atoms with van der Waals surface area (Å²) in [6.07, 6.45) is 17.5. The van der Waals surface area contributed by atoms with Crippen molar-refractivity contribution in [3.63, 3.8) is 0 Å². The van der Waals surface area contributed by atoms with Crippen molar-refractivity contribution in [1.29, 1.82) is 0 Å². The van der Waals surface area contributed by atoms with Crippen molar-refractivity contribution in [2.24, 2.45) is 0 Å². The lowest BCUT2D eigenvalue weighted by Gasteiger charge is -2.18. The molecule has 0 N–H and O–H groups in total. The SMILES string of the molecule is C=CN1C=CN(CCCCCSCCCN2C=CN(C=C)C2)C1. The van der Waals surface area contributed by atoms with Gasteiger partial charge in [0.1, 0.15) is 0 Å². The Morgan fingerprint density at radius 2 is 1.30 bits per heavy atom. The maximum atomic E-state index is 3.79. The van der Waals surface area contributed by atoms with Crippen LogP contribution in [-0.2, 0) is 0 Å². The lowest BCUT2D eigenvalue weighted by atomic mass is 10.2. The van der Waals surface area contributed by atoms with E-state index in [1.54, 1.807) is 0 Å². The van der Waals surface area contributed by atoms with Gasteiger partial charge in [0, 0.05) is 37.9 Å². The molecule has 23 heavy (non-hydrogen) atoms. The molecule has 0 fully saturated rings. The second kappa shape index (κ2) is 10.3. The van der Waals surface area contributed by atoms with E-state index in [0.717, 1.165) is 26.4 Å². The molecule has 0 amide bonds. The van der Waals surface area contributed by atoms with Crippen molar-refractivity contribution >= 4 is 11.8 Å². The Hall–Kier alpha value is -1.49. The van der Waals surface area contributed by atoms with Crippen LogP contribution in [0, 0.1) is 0 Å². The summed E-state index contributed by atoms with van der Waals surface area (Å²) in [5.41, 5.74) is 0. The highest BCUT2D eigenvalue weighted by atomic mass is 32.2. The van der Waals surface area contributed by atoms with Crippen molar-refractivity contribution in [2.45, 2.75) is 25.7 Å². The van der Waals surface area contributed by atoms with Crippen LogP contribution in [0.15, 0.2) is 50.4 Å². The largest absolute Gasteiger partial charge is 0.358 e. The Bertz CT molecular complexity index is 383. The molecule has 0 saturated carbocycles. The van der Waals surface area contributed by atoms with Gasteiger partial charge in [0.25, 0.3) is 0 Å². The summed E-state index contributed by atoms with van der Waals surface area (Å²) in [6, 6.07) is 0. The monoisotopic (exact) mass is 334 g/mol. The summed E-state index contributed by atoms with van der Waals surface area (Å²) < 4.78 is 0. The molecule has 0 unspecified atom stereocenters. The van der Waals surface area contributed by atoms with Crippen molar-refractivity contribution in [3.05, 3.63) is 50.4 Å². The molecule has 0 aliphatic carbocycles. The smallest absolute Gasteiger partial charge is 0.0935 e. The lowest BCUT2D eigenvalue weighted by Crippen LogP contribution is -2.23. The molecule has 128 valence electrons. The molecular formula is C18H30N4S. The Kier molecular flexibility index (Phi) is 8.01. The minimum Gasteiger partial charge on any atom is -0.358 e. The quantitative estimate of drug-likeness (QED) is 0.504. The molecule has 2 heterocycles. The van der Waals surface area contributed by atoms with E-state index in [9.17, 15) is 0 Å². The van der Waals surface area contributed by atoms with Crippen molar-refractivity contribution in [2.75, 3.05) is 37.9 Å². The first-order valence-corrected chi connectivity index (χ1v) is 9.66. The number of rotatable bonds is 12. The van der Waals surface area contributed by atoms with Crippen molar-refractivity contribution in [1.82, 2.24) is 19.6 Å². The van der Waals surface area contributed by atoms with Gasteiger partial charge in [-0.05, 0) is 43.2 Å². The number of unbranched alkanes of at least 4 members (excludes halogenated alkanes) is 2. The Balaban J connectivity index is 1.35. The molecule has 0 aromatic carbocycles. The van der Waals surface area contributed by atoms with E-state index < -0.39 is 0 Å². The van der Waals surface area contributed by atoms with Crippen LogP contribution in [0.5, 0.6) is 0 Å². The number of thioether (sulfide) groups is 1. The molecule has 0 aromatic rings. The molecule has 0 saturated heterocycles. The topological polar surface area (TPSA) is 13.0 Å². The fourth-order valence-corrected chi connectivity index (χ4v) is 3.61. The first-order chi connectivity index (χ1) is 11.3. The van der Waals surface area contributed by atoms with Gasteiger partial charge in [-0.3, -0.25) is 0 Å². The summed E-state index contributed by atoms with van der Waals surface area (Å²) in [6.45, 7) is 11.8. The van der Waals surface area contributed by atoms with Gasteiger partial charge in [0.05, 0.1) is 13.3 Å². The minimum atomic E-state index is 0.961. The summed E-state index contributed by atoms with van der Waals surface area (Å²) >= 11 is 2.10. The van der Waals surface area contributed by atoms with Gasteiger partial charge < -0.3 is 19.6 Å². The van der Waals surface area contributed by atoms with Crippen LogP contribution in [0.1, 0.15) is 25.7 Å². The summed E-state index contributed by atoms with van der Waals surface area (Å²) in [5, 5.41) is 0. The fourth-order valence-electron chi connectivity index (χ4n) is 2.66. The molecular weight excluding hydrogens is 304 g/mol. The van der Waals surface area contributed by atoms with E-state index in [0.29, 0.717) is 0 Å². The highest BCUT2D eigenvalue weighted by molar-refractivity contribution is 7.99. The van der Waals surface area contributed by atoms with E-state index in [1.165, 1.54) is 37.2 Å². The summed E-state index contributed by atoms with van der Waals surface area (Å²) in [7, 11) is 0. The predicted octanol–water partition coefficient (Wildman–Crippen LogP) is 3.66. The third kappa shape index (κ3) is 6.65. The fraction of sp³-hybridized carbons (Fsp3) is 0.556. The minimum absolute atomic E-state index is 0.961. The second-order valence-corrected chi connectivity index (χ2v) is 7.15. The van der Waals surface area contributed by atoms with Gasteiger partial charge >= 0.3 is 0 Å². The summed E-state index contributed by atoms with van der Waals surface area (Å²) in [5.74, 6) is 2.56. The zero-order valence-electron chi connectivity index (χ0n) is 14.1. The second-order valence-electron chi connectivity index (χ2n) is 5.92. The Morgan fingerprint density at radius 3 is 1.87 bits per heavy atom. The first kappa shape index (κ1) is 17.9. The van der Waals surface area contributed by atoms with E-state index in [1.807, 2.05) is 12.4 Å². The Labute approximate surface area is 145 Å². The zero-order chi connectivity index (χ0) is 16.3. The molecule has 5 heteroatoms.